The van der Waals surface area contributed by atoms with Crippen molar-refractivity contribution in [2.45, 2.75) is 188 Å². The molecule has 0 radical (unpaired) electrons. The molecule has 0 aromatic heterocycles. The molecule has 1 saturated heterocycles. The van der Waals surface area contributed by atoms with Crippen LogP contribution in [0.4, 0.5) is 0 Å². The maximum atomic E-state index is 12.5. The molecule has 1 aliphatic rings. The average Bonchev–Trinajstić information content (AvgIpc) is 2.98. The van der Waals surface area contributed by atoms with E-state index >= 15 is 0 Å². The summed E-state index contributed by atoms with van der Waals surface area (Å²) in [5.74, 6) is 5.45. The molecule has 2 atom stereocenters. The van der Waals surface area contributed by atoms with E-state index in [1.165, 1.54) is 30.4 Å². The fraction of sp³-hybridized carbons (Fsp3) is 0.825. The Bertz CT molecular complexity index is 1030. The lowest BCUT2D eigenvalue weighted by Crippen LogP contribution is -2.43. The van der Waals surface area contributed by atoms with E-state index < -0.39 is 22.6 Å². The average molecular weight is 707 g/mol. The minimum Gasteiger partial charge on any atom is -0.456 e. The van der Waals surface area contributed by atoms with Crippen molar-refractivity contribution in [3.8, 4) is 11.8 Å². The number of allylic oxidation sites excluding steroid dienone is 3. The highest BCUT2D eigenvalue weighted by Gasteiger charge is 2.39. The minimum absolute atomic E-state index is 0.0414. The van der Waals surface area contributed by atoms with Crippen molar-refractivity contribution in [1.82, 2.24) is 0 Å². The Morgan fingerprint density at radius 1 is 0.833 bits per heavy atom. The van der Waals surface area contributed by atoms with Gasteiger partial charge in [-0.15, -0.1) is 0 Å². The summed E-state index contributed by atoms with van der Waals surface area (Å²) in [6, 6.07) is 0. The molecule has 1 heterocycles. The van der Waals surface area contributed by atoms with Gasteiger partial charge in [0.05, 0.1) is 13.2 Å². The SMILES string of the molecule is C/C(=C\COC1CCCCO1)CC/C=C(\C)CCC(C#CC(=O)OCCCCCCCCO[Si](C)(C)C(C)(C)C)O[Si](C)(C)C(C)(C)C. The van der Waals surface area contributed by atoms with Crippen LogP contribution < -0.4 is 0 Å². The second kappa shape index (κ2) is 22.6. The van der Waals surface area contributed by atoms with E-state index in [4.69, 9.17) is 23.1 Å². The Labute approximate surface area is 298 Å². The first-order valence-electron chi connectivity index (χ1n) is 18.9. The Hall–Kier alpha value is -1.22. The van der Waals surface area contributed by atoms with Gasteiger partial charge in [0, 0.05) is 19.1 Å². The zero-order valence-electron chi connectivity index (χ0n) is 33.3. The lowest BCUT2D eigenvalue weighted by Gasteiger charge is -2.38. The molecule has 6 nitrogen and oxygen atoms in total. The second-order valence-corrected chi connectivity index (χ2v) is 26.4. The van der Waals surface area contributed by atoms with E-state index in [-0.39, 0.29) is 22.5 Å². The van der Waals surface area contributed by atoms with E-state index in [0.717, 1.165) is 77.4 Å². The molecule has 0 N–H and O–H groups in total. The van der Waals surface area contributed by atoms with E-state index in [0.29, 0.717) is 13.2 Å². The van der Waals surface area contributed by atoms with Crippen molar-refractivity contribution in [3.63, 3.8) is 0 Å². The number of carbonyl (C=O) groups excluding carboxylic acids is 1. The number of ether oxygens (including phenoxy) is 3. The molecule has 0 bridgehead atoms. The van der Waals surface area contributed by atoms with Crippen molar-refractivity contribution in [2.24, 2.45) is 0 Å². The minimum atomic E-state index is -2.06. The van der Waals surface area contributed by atoms with E-state index in [9.17, 15) is 4.79 Å². The zero-order valence-corrected chi connectivity index (χ0v) is 35.3. The lowest BCUT2D eigenvalue weighted by molar-refractivity contribution is -0.155. The predicted octanol–water partition coefficient (Wildman–Crippen LogP) is 11.3. The van der Waals surface area contributed by atoms with Gasteiger partial charge in [-0.2, -0.15) is 0 Å². The first-order chi connectivity index (χ1) is 22.3. The number of hydrogen-bond acceptors (Lipinski definition) is 6. The van der Waals surface area contributed by atoms with Crippen molar-refractivity contribution >= 4 is 22.6 Å². The van der Waals surface area contributed by atoms with Crippen LogP contribution in [-0.2, 0) is 27.9 Å². The molecule has 0 spiro atoms. The van der Waals surface area contributed by atoms with Gasteiger partial charge in [-0.1, -0.05) is 96.4 Å². The smallest absolute Gasteiger partial charge is 0.384 e. The van der Waals surface area contributed by atoms with Crippen molar-refractivity contribution in [2.75, 3.05) is 26.4 Å². The quantitative estimate of drug-likeness (QED) is 0.0296. The zero-order chi connectivity index (χ0) is 36.3. The third-order valence-electron chi connectivity index (χ3n) is 10.3. The van der Waals surface area contributed by atoms with Crippen molar-refractivity contribution in [3.05, 3.63) is 23.3 Å². The van der Waals surface area contributed by atoms with Crippen LogP contribution in [0.5, 0.6) is 0 Å². The predicted molar refractivity (Wildman–Crippen MR) is 207 cm³/mol. The summed E-state index contributed by atoms with van der Waals surface area (Å²) in [6.45, 7) is 29.7. The number of esters is 1. The van der Waals surface area contributed by atoms with Gasteiger partial charge in [-0.05, 0) is 108 Å². The summed E-state index contributed by atoms with van der Waals surface area (Å²) < 4.78 is 29.9. The van der Waals surface area contributed by atoms with Gasteiger partial charge in [0.1, 0.15) is 6.10 Å². The van der Waals surface area contributed by atoms with Gasteiger partial charge < -0.3 is 23.1 Å². The van der Waals surface area contributed by atoms with Crippen LogP contribution in [0.2, 0.25) is 36.3 Å². The fourth-order valence-corrected chi connectivity index (χ4v) is 7.07. The Morgan fingerprint density at radius 3 is 2.04 bits per heavy atom. The van der Waals surface area contributed by atoms with Crippen molar-refractivity contribution in [1.29, 1.82) is 0 Å². The van der Waals surface area contributed by atoms with Crippen LogP contribution in [0.1, 0.15) is 139 Å². The normalized spacial score (nSPS) is 17.5. The van der Waals surface area contributed by atoms with E-state index in [2.05, 4.69) is 106 Å². The Kier molecular flexibility index (Phi) is 21.1. The number of unbranched alkanes of at least 4 members (excludes halogenated alkanes) is 5. The molecule has 2 unspecified atom stereocenters. The maximum absolute atomic E-state index is 12.5. The van der Waals surface area contributed by atoms with Crippen LogP contribution in [0.15, 0.2) is 23.3 Å². The van der Waals surface area contributed by atoms with Crippen LogP contribution in [0.25, 0.3) is 0 Å². The molecular formula is C40H74O6Si2. The van der Waals surface area contributed by atoms with Crippen LogP contribution in [0.3, 0.4) is 0 Å². The third kappa shape index (κ3) is 19.8. The van der Waals surface area contributed by atoms with Crippen LogP contribution in [0, 0.1) is 11.8 Å². The topological polar surface area (TPSA) is 63.2 Å². The van der Waals surface area contributed by atoms with Crippen LogP contribution in [-0.4, -0.2) is 61.4 Å². The fourth-order valence-electron chi connectivity index (χ4n) is 4.74. The summed E-state index contributed by atoms with van der Waals surface area (Å²) in [5.41, 5.74) is 2.66. The number of hydrogen-bond donors (Lipinski definition) is 0. The van der Waals surface area contributed by atoms with Gasteiger partial charge in [-0.25, -0.2) is 4.79 Å². The molecule has 278 valence electrons. The highest BCUT2D eigenvalue weighted by molar-refractivity contribution is 6.74. The summed E-state index contributed by atoms with van der Waals surface area (Å²) >= 11 is 0. The Balaban J connectivity index is 2.45. The molecule has 1 rings (SSSR count). The van der Waals surface area contributed by atoms with Gasteiger partial charge in [0.15, 0.2) is 22.9 Å². The summed E-state index contributed by atoms with van der Waals surface area (Å²) in [7, 11) is -3.70. The number of rotatable bonds is 21. The molecule has 0 amide bonds. The van der Waals surface area contributed by atoms with E-state index in [1.807, 2.05) is 0 Å². The number of carbonyl (C=O) groups is 1. The molecule has 0 aromatic rings. The highest BCUT2D eigenvalue weighted by Crippen LogP contribution is 2.38. The third-order valence-corrected chi connectivity index (χ3v) is 19.3. The molecule has 8 heteroatoms. The molecule has 0 saturated carbocycles. The highest BCUT2D eigenvalue weighted by atomic mass is 28.4. The molecular weight excluding hydrogens is 633 g/mol. The van der Waals surface area contributed by atoms with Crippen molar-refractivity contribution < 1.29 is 27.9 Å². The molecule has 1 aliphatic heterocycles. The largest absolute Gasteiger partial charge is 0.456 e. The van der Waals surface area contributed by atoms with Gasteiger partial charge in [0.2, 0.25) is 0 Å². The van der Waals surface area contributed by atoms with Crippen LogP contribution >= 0.6 is 0 Å². The van der Waals surface area contributed by atoms with Gasteiger partial charge in [0.25, 0.3) is 0 Å². The lowest BCUT2D eigenvalue weighted by atomic mass is 10.1. The molecule has 48 heavy (non-hydrogen) atoms. The summed E-state index contributed by atoms with van der Waals surface area (Å²) in [4.78, 5) is 12.5. The molecule has 0 aliphatic carbocycles. The maximum Gasteiger partial charge on any atom is 0.384 e. The monoisotopic (exact) mass is 707 g/mol. The molecule has 0 aromatic carbocycles. The first-order valence-corrected chi connectivity index (χ1v) is 24.7. The summed E-state index contributed by atoms with van der Waals surface area (Å²) in [6.07, 6.45) is 17.7. The van der Waals surface area contributed by atoms with Gasteiger partial charge in [-0.3, -0.25) is 0 Å². The second-order valence-electron chi connectivity index (χ2n) is 16.8. The first kappa shape index (κ1) is 44.8. The Morgan fingerprint density at radius 2 is 1.44 bits per heavy atom. The summed E-state index contributed by atoms with van der Waals surface area (Å²) in [5, 5.41) is 0.328. The van der Waals surface area contributed by atoms with Gasteiger partial charge >= 0.3 is 5.97 Å². The standard InChI is InChI=1S/C40H74O6Si2/c1-34(22-21-23-35(2)29-33-44-38-24-17-20-31-43-38)25-26-36(46-48(11,12)40(6,7)8)27-28-37(41)42-30-18-15-13-14-16-19-32-45-47(9,10)39(3,4)5/h22,29,36,38H,13-21,23-26,30-33H2,1-12H3/b34-22+,35-29+. The van der Waals surface area contributed by atoms with E-state index in [1.54, 1.807) is 0 Å². The molecule has 1 fully saturated rings.